The van der Waals surface area contributed by atoms with Crippen molar-refractivity contribution in [2.24, 2.45) is 0 Å². The molecule has 106 valence electrons. The largest absolute Gasteiger partial charge is 0.497 e. The molecule has 0 spiro atoms. The Labute approximate surface area is 121 Å². The number of methoxy groups -OCH3 is 1. The number of nitriles is 1. The number of ether oxygens (including phenoxy) is 1. The van der Waals surface area contributed by atoms with Crippen LogP contribution in [0.5, 0.6) is 5.75 Å². The summed E-state index contributed by atoms with van der Waals surface area (Å²) in [6.07, 6.45) is 0. The number of hydrogen-bond donors (Lipinski definition) is 2. The van der Waals surface area contributed by atoms with Gasteiger partial charge in [-0.25, -0.2) is 9.78 Å². The molecule has 0 aliphatic heterocycles. The number of anilines is 1. The van der Waals surface area contributed by atoms with Crippen molar-refractivity contribution in [3.8, 4) is 22.9 Å². The molecule has 0 saturated carbocycles. The third-order valence-electron chi connectivity index (χ3n) is 3.11. The predicted molar refractivity (Wildman–Crippen MR) is 77.0 cm³/mol. The van der Waals surface area contributed by atoms with Crippen LogP contribution in [-0.2, 0) is 0 Å². The fourth-order valence-electron chi connectivity index (χ4n) is 2.15. The van der Waals surface area contributed by atoms with Gasteiger partial charge in [-0.2, -0.15) is 5.26 Å². The van der Waals surface area contributed by atoms with E-state index in [-0.39, 0.29) is 28.2 Å². The molecular formula is C15H13N3O3. The lowest BCUT2D eigenvalue weighted by molar-refractivity contribution is 0.0696. The molecule has 21 heavy (non-hydrogen) atoms. The molecule has 2 rings (SSSR count). The van der Waals surface area contributed by atoms with Crippen LogP contribution in [0.1, 0.15) is 21.6 Å². The fourth-order valence-corrected chi connectivity index (χ4v) is 2.15. The first-order valence-corrected chi connectivity index (χ1v) is 6.07. The third-order valence-corrected chi connectivity index (χ3v) is 3.11. The van der Waals surface area contributed by atoms with E-state index in [1.165, 1.54) is 7.11 Å². The van der Waals surface area contributed by atoms with Gasteiger partial charge in [0, 0.05) is 5.56 Å². The van der Waals surface area contributed by atoms with Gasteiger partial charge in [0.2, 0.25) is 0 Å². The molecule has 6 heteroatoms. The molecule has 0 amide bonds. The van der Waals surface area contributed by atoms with Gasteiger partial charge in [-0.15, -0.1) is 0 Å². The normalized spacial score (nSPS) is 9.95. The van der Waals surface area contributed by atoms with Crippen molar-refractivity contribution in [2.75, 3.05) is 12.8 Å². The molecular weight excluding hydrogens is 270 g/mol. The average Bonchev–Trinajstić information content (AvgIpc) is 2.46. The minimum Gasteiger partial charge on any atom is -0.497 e. The van der Waals surface area contributed by atoms with E-state index in [4.69, 9.17) is 10.5 Å². The molecule has 0 radical (unpaired) electrons. The Morgan fingerprint density at radius 1 is 1.38 bits per heavy atom. The van der Waals surface area contributed by atoms with Crippen LogP contribution in [0, 0.1) is 18.3 Å². The number of pyridine rings is 1. The Morgan fingerprint density at radius 3 is 2.48 bits per heavy atom. The summed E-state index contributed by atoms with van der Waals surface area (Å²) in [4.78, 5) is 15.4. The zero-order chi connectivity index (χ0) is 15.6. The highest BCUT2D eigenvalue weighted by Gasteiger charge is 2.22. The number of carboxylic acids is 1. The number of aromatic nitrogens is 1. The van der Waals surface area contributed by atoms with Crippen molar-refractivity contribution in [3.63, 3.8) is 0 Å². The topological polar surface area (TPSA) is 109 Å². The summed E-state index contributed by atoms with van der Waals surface area (Å²) >= 11 is 0. The van der Waals surface area contributed by atoms with Crippen LogP contribution in [0.4, 0.5) is 5.82 Å². The maximum absolute atomic E-state index is 11.5. The highest BCUT2D eigenvalue weighted by molar-refractivity contribution is 6.00. The molecule has 0 saturated heterocycles. The lowest BCUT2D eigenvalue weighted by Crippen LogP contribution is -2.10. The number of carbonyl (C=O) groups is 1. The van der Waals surface area contributed by atoms with Gasteiger partial charge in [-0.1, -0.05) is 12.1 Å². The molecule has 0 fully saturated rings. The molecule has 0 aliphatic rings. The Balaban J connectivity index is 2.81. The molecule has 0 aliphatic carbocycles. The molecule has 1 heterocycles. The van der Waals surface area contributed by atoms with Gasteiger partial charge in [-0.3, -0.25) is 0 Å². The zero-order valence-corrected chi connectivity index (χ0v) is 11.5. The van der Waals surface area contributed by atoms with Gasteiger partial charge >= 0.3 is 5.97 Å². The highest BCUT2D eigenvalue weighted by atomic mass is 16.5. The van der Waals surface area contributed by atoms with Crippen LogP contribution in [0.2, 0.25) is 0 Å². The Morgan fingerprint density at radius 2 is 2.00 bits per heavy atom. The van der Waals surface area contributed by atoms with Crippen LogP contribution < -0.4 is 10.5 Å². The quantitative estimate of drug-likeness (QED) is 0.893. The maximum atomic E-state index is 11.5. The van der Waals surface area contributed by atoms with E-state index < -0.39 is 5.97 Å². The van der Waals surface area contributed by atoms with Crippen molar-refractivity contribution >= 4 is 11.8 Å². The van der Waals surface area contributed by atoms with Crippen molar-refractivity contribution < 1.29 is 14.6 Å². The van der Waals surface area contributed by atoms with E-state index in [0.717, 1.165) is 0 Å². The second-order valence-corrected chi connectivity index (χ2v) is 4.35. The Kier molecular flexibility index (Phi) is 3.76. The predicted octanol–water partition coefficient (Wildman–Crippen LogP) is 2.22. The number of aromatic carboxylic acids is 1. The lowest BCUT2D eigenvalue weighted by atomic mass is 9.94. The molecule has 6 nitrogen and oxygen atoms in total. The number of rotatable bonds is 3. The smallest absolute Gasteiger partial charge is 0.338 e. The summed E-state index contributed by atoms with van der Waals surface area (Å²) in [7, 11) is 1.53. The molecule has 0 bridgehead atoms. The van der Waals surface area contributed by atoms with E-state index in [1.54, 1.807) is 31.2 Å². The number of nitrogens with zero attached hydrogens (tertiary/aromatic N) is 2. The summed E-state index contributed by atoms with van der Waals surface area (Å²) < 4.78 is 5.07. The zero-order valence-electron chi connectivity index (χ0n) is 11.5. The summed E-state index contributed by atoms with van der Waals surface area (Å²) in [5, 5.41) is 18.7. The summed E-state index contributed by atoms with van der Waals surface area (Å²) in [5.74, 6) is -0.499. The van der Waals surface area contributed by atoms with Crippen molar-refractivity contribution in [1.29, 1.82) is 5.26 Å². The Hall–Kier alpha value is -3.07. The van der Waals surface area contributed by atoms with Gasteiger partial charge in [0.25, 0.3) is 0 Å². The monoisotopic (exact) mass is 283 g/mol. The first-order chi connectivity index (χ1) is 9.99. The summed E-state index contributed by atoms with van der Waals surface area (Å²) in [6.45, 7) is 1.55. The van der Waals surface area contributed by atoms with Crippen LogP contribution in [0.3, 0.4) is 0 Å². The van der Waals surface area contributed by atoms with E-state index in [2.05, 4.69) is 4.98 Å². The van der Waals surface area contributed by atoms with E-state index >= 15 is 0 Å². The van der Waals surface area contributed by atoms with Gasteiger partial charge < -0.3 is 15.6 Å². The highest BCUT2D eigenvalue weighted by Crippen LogP contribution is 2.32. The number of aryl methyl sites for hydroxylation is 1. The average molecular weight is 283 g/mol. The molecule has 1 aromatic heterocycles. The fraction of sp³-hybridized carbons (Fsp3) is 0.133. The number of hydrogen-bond acceptors (Lipinski definition) is 5. The first-order valence-electron chi connectivity index (χ1n) is 6.07. The van der Waals surface area contributed by atoms with E-state index in [1.807, 2.05) is 6.07 Å². The second-order valence-electron chi connectivity index (χ2n) is 4.35. The minimum atomic E-state index is -1.15. The molecule has 2 aromatic rings. The van der Waals surface area contributed by atoms with Gasteiger partial charge in [-0.05, 0) is 24.6 Å². The van der Waals surface area contributed by atoms with Crippen molar-refractivity contribution in [2.45, 2.75) is 6.92 Å². The van der Waals surface area contributed by atoms with Crippen LogP contribution >= 0.6 is 0 Å². The van der Waals surface area contributed by atoms with Crippen LogP contribution in [-0.4, -0.2) is 23.2 Å². The van der Waals surface area contributed by atoms with Gasteiger partial charge in [0.05, 0.1) is 18.4 Å². The van der Waals surface area contributed by atoms with E-state index in [9.17, 15) is 15.2 Å². The number of carboxylic acid groups (broad SMARTS) is 1. The summed E-state index contributed by atoms with van der Waals surface area (Å²) in [6, 6.07) is 8.67. The van der Waals surface area contributed by atoms with Crippen molar-refractivity contribution in [1.82, 2.24) is 4.98 Å². The van der Waals surface area contributed by atoms with Gasteiger partial charge in [0.15, 0.2) is 0 Å². The number of nitrogens with two attached hydrogens (primary N) is 1. The second kappa shape index (κ2) is 5.51. The first kappa shape index (κ1) is 14.3. The van der Waals surface area contributed by atoms with Crippen molar-refractivity contribution in [3.05, 3.63) is 41.1 Å². The lowest BCUT2D eigenvalue weighted by Gasteiger charge is -2.13. The maximum Gasteiger partial charge on any atom is 0.338 e. The number of benzene rings is 1. The van der Waals surface area contributed by atoms with E-state index in [0.29, 0.717) is 11.3 Å². The van der Waals surface area contributed by atoms with Gasteiger partial charge in [0.1, 0.15) is 23.2 Å². The Bertz CT molecular complexity index is 746. The molecule has 0 unspecified atom stereocenters. The summed E-state index contributed by atoms with van der Waals surface area (Å²) in [5.41, 5.74) is 6.90. The number of nitrogen functional groups attached to an aromatic ring is 1. The molecule has 1 aromatic carbocycles. The minimum absolute atomic E-state index is 0.0193. The molecule has 3 N–H and O–H groups in total. The van der Waals surface area contributed by atoms with Crippen LogP contribution in [0.15, 0.2) is 24.3 Å². The van der Waals surface area contributed by atoms with Crippen LogP contribution in [0.25, 0.3) is 11.1 Å². The SMILES string of the molecule is COc1ccc(-c2c(C#N)c(N)nc(C)c2C(=O)O)cc1. The third kappa shape index (κ3) is 2.49. The molecule has 0 atom stereocenters. The standard InChI is InChI=1S/C15H13N3O3/c1-8-12(15(19)20)13(11(7-16)14(17)18-8)9-3-5-10(21-2)6-4-9/h3-6H,1-2H3,(H2,17,18)(H,19,20).